The lowest BCUT2D eigenvalue weighted by molar-refractivity contribution is -0.206. The Hall–Kier alpha value is -3.99. The van der Waals surface area contributed by atoms with E-state index in [9.17, 15) is 23.1 Å². The van der Waals surface area contributed by atoms with Crippen molar-refractivity contribution in [2.24, 2.45) is 0 Å². The molecule has 4 rings (SSSR count). The third-order valence-electron chi connectivity index (χ3n) is 4.51. The minimum Gasteiger partial charge on any atom is -0.438 e. The smallest absolute Gasteiger partial charge is 0.418 e. The lowest BCUT2D eigenvalue weighted by Gasteiger charge is -2.15. The maximum atomic E-state index is 12.6. The summed E-state index contributed by atoms with van der Waals surface area (Å²) in [4.78, 5) is 16.7. The second-order valence-corrected chi connectivity index (χ2v) is 6.74. The summed E-state index contributed by atoms with van der Waals surface area (Å²) in [6.07, 6.45) is -5.85. The Morgan fingerprint density at radius 1 is 1.12 bits per heavy atom. The molecule has 1 amide bonds. The van der Waals surface area contributed by atoms with Gasteiger partial charge in [-0.1, -0.05) is 24.3 Å². The molecule has 2 aromatic carbocycles. The molecular weight excluding hydrogens is 429 g/mol. The van der Waals surface area contributed by atoms with E-state index in [1.807, 2.05) is 0 Å². The molecule has 1 unspecified atom stereocenters. The predicted octanol–water partition coefficient (Wildman–Crippen LogP) is 4.18. The molecule has 0 bridgehead atoms. The average Bonchev–Trinajstić information content (AvgIpc) is 3.25. The number of amides is 1. The van der Waals surface area contributed by atoms with Crippen LogP contribution in [0, 0.1) is 0 Å². The Bertz CT molecular complexity index is 1250. The zero-order chi connectivity index (χ0) is 22.7. The van der Waals surface area contributed by atoms with Crippen LogP contribution in [0.4, 0.5) is 13.2 Å². The number of halogens is 3. The molecule has 0 radical (unpaired) electrons. The van der Waals surface area contributed by atoms with Gasteiger partial charge in [0.05, 0.1) is 0 Å². The van der Waals surface area contributed by atoms with Gasteiger partial charge in [0, 0.05) is 20.2 Å². The van der Waals surface area contributed by atoms with Gasteiger partial charge in [-0.25, -0.2) is 9.61 Å². The third kappa shape index (κ3) is 4.67. The van der Waals surface area contributed by atoms with E-state index < -0.39 is 18.2 Å². The molecule has 8 nitrogen and oxygen atoms in total. The number of aliphatic hydroxyl groups excluding tert-OH is 1. The van der Waals surface area contributed by atoms with Crippen LogP contribution in [-0.4, -0.2) is 32.5 Å². The molecule has 4 aromatic rings. The van der Waals surface area contributed by atoms with E-state index in [0.29, 0.717) is 22.3 Å². The van der Waals surface area contributed by atoms with E-state index >= 15 is 0 Å². The highest BCUT2D eigenvalue weighted by atomic mass is 19.4. The van der Waals surface area contributed by atoms with Gasteiger partial charge in [0.15, 0.2) is 6.10 Å². The van der Waals surface area contributed by atoms with Crippen molar-refractivity contribution in [3.8, 4) is 11.6 Å². The number of aliphatic hydroxyl groups is 1. The number of fused-ring (bicyclic) bond motifs is 1. The monoisotopic (exact) mass is 446 g/mol. The lowest BCUT2D eigenvalue weighted by atomic mass is 10.1. The fourth-order valence-corrected chi connectivity index (χ4v) is 2.87. The lowest BCUT2D eigenvalue weighted by Crippen LogP contribution is -2.23. The maximum Gasteiger partial charge on any atom is 0.418 e. The number of hydrogen-bond acceptors (Lipinski definition) is 7. The molecule has 11 heteroatoms. The third-order valence-corrected chi connectivity index (χ3v) is 4.51. The molecule has 0 saturated heterocycles. The van der Waals surface area contributed by atoms with Crippen molar-refractivity contribution >= 4 is 16.9 Å². The van der Waals surface area contributed by atoms with Crippen molar-refractivity contribution in [1.29, 1.82) is 0 Å². The minimum atomic E-state index is -4.75. The Kier molecular flexibility index (Phi) is 5.73. The number of nitrogens with one attached hydrogen (secondary N) is 1. The van der Waals surface area contributed by atoms with Crippen molar-refractivity contribution in [2.75, 3.05) is 0 Å². The van der Waals surface area contributed by atoms with Crippen LogP contribution in [0.5, 0.6) is 11.6 Å². The molecule has 2 heterocycles. The highest BCUT2D eigenvalue weighted by Gasteiger charge is 2.39. The summed E-state index contributed by atoms with van der Waals surface area (Å²) in [5.74, 6) is -0.0547. The first-order valence-corrected chi connectivity index (χ1v) is 9.28. The SMILES string of the molecule is O=C(NCc1ccc(C(O)C(F)(F)F)cc1)c1cccnc1Oc1ccc2nonc2c1.[HH]. The van der Waals surface area contributed by atoms with Gasteiger partial charge in [0.2, 0.25) is 5.88 Å². The normalized spacial score (nSPS) is 12.5. The van der Waals surface area contributed by atoms with E-state index in [2.05, 4.69) is 25.2 Å². The summed E-state index contributed by atoms with van der Waals surface area (Å²) >= 11 is 0. The molecule has 2 aromatic heterocycles. The summed E-state index contributed by atoms with van der Waals surface area (Å²) in [6.45, 7) is 0.0477. The molecule has 0 aliphatic rings. The van der Waals surface area contributed by atoms with Crippen LogP contribution in [0.2, 0.25) is 0 Å². The number of ether oxygens (including phenoxy) is 1. The van der Waals surface area contributed by atoms with Gasteiger partial charge in [-0.2, -0.15) is 13.2 Å². The summed E-state index contributed by atoms with van der Waals surface area (Å²) in [5, 5.41) is 19.4. The Labute approximate surface area is 180 Å². The molecular formula is C21H17F3N4O4. The zero-order valence-corrected chi connectivity index (χ0v) is 16.2. The zero-order valence-electron chi connectivity index (χ0n) is 16.2. The van der Waals surface area contributed by atoms with Crippen LogP contribution in [0.1, 0.15) is 29.0 Å². The molecule has 0 aliphatic carbocycles. The van der Waals surface area contributed by atoms with Gasteiger partial charge >= 0.3 is 6.18 Å². The standard InChI is InChI=1S/C21H15F3N4O4.H2/c22-21(23,24)18(29)13-5-3-12(4-6-13)11-26-19(30)15-2-1-9-25-20(15)31-14-7-8-16-17(10-14)28-32-27-16;/h1-10,18,29H,11H2,(H,26,30);1H. The van der Waals surface area contributed by atoms with Gasteiger partial charge in [0.1, 0.15) is 22.3 Å². The topological polar surface area (TPSA) is 110 Å². The number of aromatic nitrogens is 3. The second-order valence-electron chi connectivity index (χ2n) is 6.74. The number of alkyl halides is 3. The Morgan fingerprint density at radius 3 is 2.62 bits per heavy atom. The Balaban J connectivity index is 0.00000306. The molecule has 0 saturated carbocycles. The van der Waals surface area contributed by atoms with Crippen LogP contribution in [-0.2, 0) is 6.54 Å². The van der Waals surface area contributed by atoms with Crippen LogP contribution in [0.25, 0.3) is 11.0 Å². The van der Waals surface area contributed by atoms with E-state index in [1.165, 1.54) is 24.4 Å². The average molecular weight is 446 g/mol. The van der Waals surface area contributed by atoms with E-state index in [-0.39, 0.29) is 25.0 Å². The van der Waals surface area contributed by atoms with Crippen LogP contribution < -0.4 is 10.1 Å². The van der Waals surface area contributed by atoms with Crippen LogP contribution in [0.15, 0.2) is 65.4 Å². The van der Waals surface area contributed by atoms with E-state index in [4.69, 9.17) is 4.74 Å². The number of pyridine rings is 1. The van der Waals surface area contributed by atoms with E-state index in [0.717, 1.165) is 12.1 Å². The van der Waals surface area contributed by atoms with Gasteiger partial charge in [0.25, 0.3) is 5.91 Å². The quantitative estimate of drug-likeness (QED) is 0.457. The molecule has 2 N–H and O–H groups in total. The first-order chi connectivity index (χ1) is 15.3. The first kappa shape index (κ1) is 21.2. The predicted molar refractivity (Wildman–Crippen MR) is 107 cm³/mol. The molecule has 0 spiro atoms. The number of rotatable bonds is 6. The van der Waals surface area contributed by atoms with Crippen LogP contribution in [0.3, 0.4) is 0 Å². The van der Waals surface area contributed by atoms with Gasteiger partial charge < -0.3 is 15.2 Å². The minimum absolute atomic E-state index is 0. The fourth-order valence-electron chi connectivity index (χ4n) is 2.87. The summed E-state index contributed by atoms with van der Waals surface area (Å²) < 4.78 is 48.1. The van der Waals surface area contributed by atoms with Crippen molar-refractivity contribution in [2.45, 2.75) is 18.8 Å². The van der Waals surface area contributed by atoms with Crippen molar-refractivity contribution in [1.82, 2.24) is 20.6 Å². The van der Waals surface area contributed by atoms with Gasteiger partial charge in [-0.05, 0) is 45.7 Å². The summed E-state index contributed by atoms with van der Waals surface area (Å²) in [7, 11) is 0. The largest absolute Gasteiger partial charge is 0.438 e. The number of carbonyl (C=O) groups excluding carboxylic acids is 1. The van der Waals surface area contributed by atoms with Crippen molar-refractivity contribution in [3.63, 3.8) is 0 Å². The molecule has 166 valence electrons. The number of hydrogen-bond donors (Lipinski definition) is 2. The van der Waals surface area contributed by atoms with Crippen molar-refractivity contribution in [3.05, 3.63) is 77.5 Å². The van der Waals surface area contributed by atoms with Crippen molar-refractivity contribution < 1.29 is 33.9 Å². The number of carbonyl (C=O) groups is 1. The first-order valence-electron chi connectivity index (χ1n) is 9.28. The molecule has 1 atom stereocenters. The summed E-state index contributed by atoms with van der Waals surface area (Å²) in [5.41, 5.74) is 1.45. The van der Waals surface area contributed by atoms with Gasteiger partial charge in [-0.15, -0.1) is 0 Å². The molecule has 0 fully saturated rings. The van der Waals surface area contributed by atoms with E-state index in [1.54, 1.807) is 24.3 Å². The number of nitrogens with zero attached hydrogens (tertiary/aromatic N) is 3. The highest BCUT2D eigenvalue weighted by molar-refractivity contribution is 5.96. The van der Waals surface area contributed by atoms with Gasteiger partial charge in [-0.3, -0.25) is 4.79 Å². The molecule has 32 heavy (non-hydrogen) atoms. The second kappa shape index (κ2) is 8.63. The molecule has 0 aliphatic heterocycles. The number of benzene rings is 2. The Morgan fingerprint density at radius 2 is 1.88 bits per heavy atom. The van der Waals surface area contributed by atoms with Crippen LogP contribution >= 0.6 is 0 Å². The highest BCUT2D eigenvalue weighted by Crippen LogP contribution is 2.32. The summed E-state index contributed by atoms with van der Waals surface area (Å²) in [6, 6.07) is 13.1. The fraction of sp³-hybridized carbons (Fsp3) is 0.143. The maximum absolute atomic E-state index is 12.6.